The van der Waals surface area contributed by atoms with E-state index in [1.807, 2.05) is 49.4 Å². The Morgan fingerprint density at radius 1 is 1.14 bits per heavy atom. The van der Waals surface area contributed by atoms with Gasteiger partial charge in [-0.15, -0.1) is 0 Å². The molecule has 0 amide bonds. The quantitative estimate of drug-likeness (QED) is 0.516. The Labute approximate surface area is 124 Å². The van der Waals surface area contributed by atoms with Crippen LogP contribution in [0.15, 0.2) is 47.6 Å². The number of methoxy groups -OCH3 is 1. The molecule has 0 bridgehead atoms. The van der Waals surface area contributed by atoms with E-state index in [9.17, 15) is 0 Å². The molecule has 2 rings (SSSR count). The van der Waals surface area contributed by atoms with Crippen molar-refractivity contribution in [3.63, 3.8) is 0 Å². The molecule has 110 valence electrons. The van der Waals surface area contributed by atoms with Crippen LogP contribution in [-0.2, 0) is 6.61 Å². The van der Waals surface area contributed by atoms with Gasteiger partial charge in [0.15, 0.2) is 0 Å². The number of nitrogens with zero attached hydrogens (tertiary/aromatic N) is 1. The first-order chi connectivity index (χ1) is 10.2. The molecule has 0 unspecified atom stereocenters. The van der Waals surface area contributed by atoms with E-state index in [1.165, 1.54) is 0 Å². The molecule has 0 aliphatic heterocycles. The molecule has 4 heteroatoms. The lowest BCUT2D eigenvalue weighted by atomic mass is 10.1. The van der Waals surface area contributed by atoms with Crippen molar-refractivity contribution in [2.45, 2.75) is 20.5 Å². The van der Waals surface area contributed by atoms with Crippen LogP contribution in [-0.4, -0.2) is 18.0 Å². The Morgan fingerprint density at radius 2 is 1.90 bits per heavy atom. The molecule has 0 saturated heterocycles. The molecule has 0 heterocycles. The number of rotatable bonds is 5. The standard InChI is InChI=1S/C17H19NO3/c1-12-8-9-15(13(2)18-19)17(10-12)21-11-14-6-4-5-7-16(14)20-3/h4-10,19H,11H2,1-3H3. The Balaban J connectivity index is 2.25. The van der Waals surface area contributed by atoms with Crippen molar-refractivity contribution in [3.05, 3.63) is 59.2 Å². The lowest BCUT2D eigenvalue weighted by molar-refractivity contribution is 0.294. The second kappa shape index (κ2) is 6.79. The van der Waals surface area contributed by atoms with Gasteiger partial charge >= 0.3 is 0 Å². The average Bonchev–Trinajstić information content (AvgIpc) is 2.52. The predicted molar refractivity (Wildman–Crippen MR) is 82.5 cm³/mol. The molecule has 4 nitrogen and oxygen atoms in total. The van der Waals surface area contributed by atoms with Gasteiger partial charge in [0.25, 0.3) is 0 Å². The molecule has 0 saturated carbocycles. The van der Waals surface area contributed by atoms with Crippen LogP contribution in [0.3, 0.4) is 0 Å². The first kappa shape index (κ1) is 14.9. The normalized spacial score (nSPS) is 11.3. The third-order valence-corrected chi connectivity index (χ3v) is 3.25. The summed E-state index contributed by atoms with van der Waals surface area (Å²) in [7, 11) is 1.64. The summed E-state index contributed by atoms with van der Waals surface area (Å²) >= 11 is 0. The van der Waals surface area contributed by atoms with Gasteiger partial charge in [0.2, 0.25) is 0 Å². The van der Waals surface area contributed by atoms with Crippen molar-refractivity contribution < 1.29 is 14.7 Å². The molecule has 2 aromatic carbocycles. The minimum absolute atomic E-state index is 0.388. The topological polar surface area (TPSA) is 51.0 Å². The SMILES string of the molecule is COc1ccccc1COc1cc(C)ccc1C(C)=NO. The van der Waals surface area contributed by atoms with Crippen molar-refractivity contribution in [2.24, 2.45) is 5.16 Å². The summed E-state index contributed by atoms with van der Waals surface area (Å²) in [5.41, 5.74) is 3.34. The number of aryl methyl sites for hydroxylation is 1. The summed E-state index contributed by atoms with van der Waals surface area (Å²) in [5, 5.41) is 12.2. The molecule has 1 N–H and O–H groups in total. The fourth-order valence-corrected chi connectivity index (χ4v) is 2.08. The maximum Gasteiger partial charge on any atom is 0.129 e. The highest BCUT2D eigenvalue weighted by atomic mass is 16.5. The molecule has 0 aromatic heterocycles. The van der Waals surface area contributed by atoms with Crippen molar-refractivity contribution in [1.82, 2.24) is 0 Å². The van der Waals surface area contributed by atoms with Gasteiger partial charge in [-0.2, -0.15) is 0 Å². The molecular formula is C17H19NO3. The summed E-state index contributed by atoms with van der Waals surface area (Å²) in [6.07, 6.45) is 0. The molecule has 0 fully saturated rings. The van der Waals surface area contributed by atoms with Crippen molar-refractivity contribution in [3.8, 4) is 11.5 Å². The van der Waals surface area contributed by atoms with Gasteiger partial charge in [-0.25, -0.2) is 0 Å². The van der Waals surface area contributed by atoms with Crippen molar-refractivity contribution in [1.29, 1.82) is 0 Å². The Kier molecular flexibility index (Phi) is 4.82. The second-order valence-electron chi connectivity index (χ2n) is 4.79. The minimum atomic E-state index is 0.388. The van der Waals surface area contributed by atoms with Gasteiger partial charge in [0.05, 0.1) is 12.8 Å². The molecular weight excluding hydrogens is 266 g/mol. The zero-order valence-corrected chi connectivity index (χ0v) is 12.5. The second-order valence-corrected chi connectivity index (χ2v) is 4.79. The highest BCUT2D eigenvalue weighted by Gasteiger charge is 2.09. The van der Waals surface area contributed by atoms with Crippen LogP contribution < -0.4 is 9.47 Å². The van der Waals surface area contributed by atoms with E-state index in [0.29, 0.717) is 18.1 Å². The third-order valence-electron chi connectivity index (χ3n) is 3.25. The number of ether oxygens (including phenoxy) is 2. The summed E-state index contributed by atoms with van der Waals surface area (Å²) in [6.45, 7) is 4.12. The van der Waals surface area contributed by atoms with Crippen molar-refractivity contribution >= 4 is 5.71 Å². The van der Waals surface area contributed by atoms with E-state index in [1.54, 1.807) is 14.0 Å². The monoisotopic (exact) mass is 285 g/mol. The van der Waals surface area contributed by atoms with E-state index < -0.39 is 0 Å². The van der Waals surface area contributed by atoms with E-state index in [2.05, 4.69) is 5.16 Å². The molecule has 0 radical (unpaired) electrons. The number of benzene rings is 2. The maximum atomic E-state index is 8.96. The highest BCUT2D eigenvalue weighted by molar-refractivity contribution is 6.00. The summed E-state index contributed by atoms with van der Waals surface area (Å²) in [4.78, 5) is 0. The van der Waals surface area contributed by atoms with Crippen LogP contribution in [0, 0.1) is 6.92 Å². The average molecular weight is 285 g/mol. The van der Waals surface area contributed by atoms with Crippen LogP contribution in [0.5, 0.6) is 11.5 Å². The molecule has 0 spiro atoms. The maximum absolute atomic E-state index is 8.96. The predicted octanol–water partition coefficient (Wildman–Crippen LogP) is 3.78. The Morgan fingerprint density at radius 3 is 2.62 bits per heavy atom. The molecule has 0 aliphatic rings. The molecule has 0 atom stereocenters. The van der Waals surface area contributed by atoms with E-state index in [0.717, 1.165) is 22.4 Å². The van der Waals surface area contributed by atoms with Crippen LogP contribution in [0.2, 0.25) is 0 Å². The minimum Gasteiger partial charge on any atom is -0.496 e. The van der Waals surface area contributed by atoms with Crippen LogP contribution in [0.25, 0.3) is 0 Å². The van der Waals surface area contributed by atoms with Crippen LogP contribution >= 0.6 is 0 Å². The first-order valence-electron chi connectivity index (χ1n) is 6.70. The van der Waals surface area contributed by atoms with E-state index in [-0.39, 0.29) is 0 Å². The van der Waals surface area contributed by atoms with Crippen LogP contribution in [0.4, 0.5) is 0 Å². The Bertz CT molecular complexity index is 650. The Hall–Kier alpha value is -2.49. The largest absolute Gasteiger partial charge is 0.496 e. The lowest BCUT2D eigenvalue weighted by Gasteiger charge is -2.13. The van der Waals surface area contributed by atoms with E-state index in [4.69, 9.17) is 14.7 Å². The van der Waals surface area contributed by atoms with Gasteiger partial charge in [0.1, 0.15) is 18.1 Å². The molecule has 2 aromatic rings. The number of para-hydroxylation sites is 1. The summed E-state index contributed by atoms with van der Waals surface area (Å²) in [5.74, 6) is 1.48. The van der Waals surface area contributed by atoms with E-state index >= 15 is 0 Å². The zero-order valence-electron chi connectivity index (χ0n) is 12.5. The molecule has 0 aliphatic carbocycles. The zero-order chi connectivity index (χ0) is 15.2. The summed E-state index contributed by atoms with van der Waals surface area (Å²) in [6, 6.07) is 13.5. The van der Waals surface area contributed by atoms with Gasteiger partial charge in [0, 0.05) is 11.1 Å². The smallest absolute Gasteiger partial charge is 0.129 e. The number of hydrogen-bond donors (Lipinski definition) is 1. The van der Waals surface area contributed by atoms with Gasteiger partial charge in [-0.1, -0.05) is 29.4 Å². The first-order valence-corrected chi connectivity index (χ1v) is 6.70. The number of oxime groups is 1. The van der Waals surface area contributed by atoms with Gasteiger partial charge in [-0.3, -0.25) is 0 Å². The van der Waals surface area contributed by atoms with Crippen LogP contribution in [0.1, 0.15) is 23.6 Å². The van der Waals surface area contributed by atoms with Gasteiger partial charge in [-0.05, 0) is 37.6 Å². The summed E-state index contributed by atoms with van der Waals surface area (Å²) < 4.78 is 11.2. The highest BCUT2D eigenvalue weighted by Crippen LogP contribution is 2.24. The molecule has 21 heavy (non-hydrogen) atoms. The van der Waals surface area contributed by atoms with Gasteiger partial charge < -0.3 is 14.7 Å². The number of hydrogen-bond acceptors (Lipinski definition) is 4. The fourth-order valence-electron chi connectivity index (χ4n) is 2.08. The lowest BCUT2D eigenvalue weighted by Crippen LogP contribution is -2.04. The fraction of sp³-hybridized carbons (Fsp3) is 0.235. The van der Waals surface area contributed by atoms with Crippen molar-refractivity contribution in [2.75, 3.05) is 7.11 Å². The third kappa shape index (κ3) is 3.54.